The third kappa shape index (κ3) is 4.50. The van der Waals surface area contributed by atoms with Crippen molar-refractivity contribution in [2.75, 3.05) is 18.5 Å². The highest BCUT2D eigenvalue weighted by atomic mass is 32.2. The van der Waals surface area contributed by atoms with Crippen molar-refractivity contribution >= 4 is 33.5 Å². The first kappa shape index (κ1) is 21.0. The van der Waals surface area contributed by atoms with Crippen LogP contribution in [-0.4, -0.2) is 41.9 Å². The minimum atomic E-state index is -3.86. The standard InChI is InChI=1S/C15H17N5O7S/c1-3-18(4-2)28(25,26)12-6-7-13(14(9-12)19(21)22)17-16-10-11-5-8-15(27-11)20(23)24/h5-10,17H,3-4H2,1-2H3/b16-10-. The highest BCUT2D eigenvalue weighted by molar-refractivity contribution is 7.89. The minimum absolute atomic E-state index is 0.0548. The molecule has 0 spiro atoms. The van der Waals surface area contributed by atoms with Gasteiger partial charge in [0, 0.05) is 19.2 Å². The lowest BCUT2D eigenvalue weighted by atomic mass is 10.3. The fourth-order valence-corrected chi connectivity index (χ4v) is 3.78. The van der Waals surface area contributed by atoms with Gasteiger partial charge >= 0.3 is 5.88 Å². The van der Waals surface area contributed by atoms with Crippen LogP contribution in [0.3, 0.4) is 0 Å². The number of nitrogens with one attached hydrogen (secondary N) is 1. The highest BCUT2D eigenvalue weighted by Gasteiger charge is 2.25. The Hall–Kier alpha value is -3.32. The Kier molecular flexibility index (Phi) is 6.43. The van der Waals surface area contributed by atoms with Crippen molar-refractivity contribution in [1.82, 2.24) is 4.31 Å². The second kappa shape index (κ2) is 8.58. The van der Waals surface area contributed by atoms with E-state index < -0.39 is 31.4 Å². The Balaban J connectivity index is 2.29. The van der Waals surface area contributed by atoms with E-state index in [1.165, 1.54) is 22.5 Å². The van der Waals surface area contributed by atoms with Crippen LogP contribution in [0.4, 0.5) is 17.3 Å². The van der Waals surface area contributed by atoms with Crippen LogP contribution in [0.1, 0.15) is 19.6 Å². The maximum Gasteiger partial charge on any atom is 0.433 e. The zero-order valence-corrected chi connectivity index (χ0v) is 15.7. The van der Waals surface area contributed by atoms with Gasteiger partial charge in [0.15, 0.2) is 5.76 Å². The average molecular weight is 411 g/mol. The lowest BCUT2D eigenvalue weighted by molar-refractivity contribution is -0.402. The predicted molar refractivity (Wildman–Crippen MR) is 99.8 cm³/mol. The number of benzene rings is 1. The Morgan fingerprint density at radius 1 is 1.14 bits per heavy atom. The Bertz CT molecular complexity index is 1010. The van der Waals surface area contributed by atoms with E-state index in [1.807, 2.05) is 0 Å². The molecule has 0 aliphatic heterocycles. The van der Waals surface area contributed by atoms with Gasteiger partial charge in [-0.3, -0.25) is 25.7 Å². The van der Waals surface area contributed by atoms with Crippen molar-refractivity contribution in [2.45, 2.75) is 18.7 Å². The summed E-state index contributed by atoms with van der Waals surface area (Å²) in [4.78, 5) is 20.2. The van der Waals surface area contributed by atoms with E-state index in [0.29, 0.717) is 0 Å². The van der Waals surface area contributed by atoms with Gasteiger partial charge in [0.1, 0.15) is 10.6 Å². The molecule has 28 heavy (non-hydrogen) atoms. The topological polar surface area (TPSA) is 161 Å². The summed E-state index contributed by atoms with van der Waals surface area (Å²) in [6.07, 6.45) is 1.09. The molecule has 0 unspecified atom stereocenters. The zero-order valence-electron chi connectivity index (χ0n) is 14.9. The molecular weight excluding hydrogens is 394 g/mol. The van der Waals surface area contributed by atoms with Crippen molar-refractivity contribution in [2.24, 2.45) is 5.10 Å². The van der Waals surface area contributed by atoms with Crippen LogP contribution in [0.5, 0.6) is 0 Å². The highest BCUT2D eigenvalue weighted by Crippen LogP contribution is 2.29. The van der Waals surface area contributed by atoms with Crippen molar-refractivity contribution < 1.29 is 22.7 Å². The maximum atomic E-state index is 12.5. The number of hydrogen-bond acceptors (Lipinski definition) is 9. The summed E-state index contributed by atoms with van der Waals surface area (Å²) in [5, 5.41) is 25.6. The molecule has 0 saturated heterocycles. The number of hydrazone groups is 1. The van der Waals surface area contributed by atoms with Gasteiger partial charge in [-0.05, 0) is 18.2 Å². The molecule has 1 N–H and O–H groups in total. The van der Waals surface area contributed by atoms with Crippen LogP contribution >= 0.6 is 0 Å². The first-order chi connectivity index (χ1) is 13.2. The van der Waals surface area contributed by atoms with Gasteiger partial charge in [-0.1, -0.05) is 13.8 Å². The minimum Gasteiger partial charge on any atom is -0.400 e. The van der Waals surface area contributed by atoms with Gasteiger partial charge in [-0.2, -0.15) is 9.41 Å². The lowest BCUT2D eigenvalue weighted by Crippen LogP contribution is -2.30. The number of anilines is 1. The van der Waals surface area contributed by atoms with Crippen molar-refractivity contribution in [1.29, 1.82) is 0 Å². The molecule has 0 aliphatic carbocycles. The van der Waals surface area contributed by atoms with Gasteiger partial charge in [0.2, 0.25) is 10.0 Å². The van der Waals surface area contributed by atoms with Crippen LogP contribution in [0.2, 0.25) is 0 Å². The van der Waals surface area contributed by atoms with Crippen LogP contribution < -0.4 is 5.43 Å². The van der Waals surface area contributed by atoms with E-state index in [0.717, 1.165) is 18.3 Å². The van der Waals surface area contributed by atoms with E-state index in [4.69, 9.17) is 4.42 Å². The van der Waals surface area contributed by atoms with E-state index >= 15 is 0 Å². The second-order valence-corrected chi connectivity index (χ2v) is 7.27. The molecule has 2 aromatic rings. The van der Waals surface area contributed by atoms with Gasteiger partial charge in [0.05, 0.1) is 22.1 Å². The number of furan rings is 1. The monoisotopic (exact) mass is 411 g/mol. The van der Waals surface area contributed by atoms with E-state index in [1.54, 1.807) is 13.8 Å². The molecule has 150 valence electrons. The predicted octanol–water partition coefficient (Wildman–Crippen LogP) is 2.57. The molecule has 0 radical (unpaired) electrons. The number of nitrogens with zero attached hydrogens (tertiary/aromatic N) is 4. The molecule has 2 rings (SSSR count). The smallest absolute Gasteiger partial charge is 0.400 e. The first-order valence-corrected chi connectivity index (χ1v) is 9.46. The zero-order chi connectivity index (χ0) is 20.9. The lowest BCUT2D eigenvalue weighted by Gasteiger charge is -2.18. The van der Waals surface area contributed by atoms with Gasteiger partial charge in [0.25, 0.3) is 5.69 Å². The van der Waals surface area contributed by atoms with E-state index in [-0.39, 0.29) is 29.4 Å². The van der Waals surface area contributed by atoms with Crippen LogP contribution in [0, 0.1) is 20.2 Å². The molecule has 0 bridgehead atoms. The number of sulfonamides is 1. The number of nitro groups is 2. The molecule has 13 heteroatoms. The molecule has 1 aromatic heterocycles. The Morgan fingerprint density at radius 3 is 2.36 bits per heavy atom. The van der Waals surface area contributed by atoms with E-state index in [9.17, 15) is 28.6 Å². The van der Waals surface area contributed by atoms with Gasteiger partial charge < -0.3 is 4.42 Å². The van der Waals surface area contributed by atoms with Crippen molar-refractivity contribution in [3.8, 4) is 0 Å². The fraction of sp³-hybridized carbons (Fsp3) is 0.267. The summed E-state index contributed by atoms with van der Waals surface area (Å²) in [5.74, 6) is -0.416. The molecule has 0 saturated carbocycles. The molecular formula is C15H17N5O7S. The summed E-state index contributed by atoms with van der Waals surface area (Å²) in [6, 6.07) is 5.84. The number of nitro benzene ring substituents is 1. The molecule has 0 aliphatic rings. The number of rotatable bonds is 9. The quantitative estimate of drug-likeness (QED) is 0.374. The van der Waals surface area contributed by atoms with Crippen molar-refractivity contribution in [3.63, 3.8) is 0 Å². The molecule has 0 fully saturated rings. The third-order valence-corrected chi connectivity index (χ3v) is 5.72. The molecule has 1 heterocycles. The number of hydrogen-bond donors (Lipinski definition) is 1. The summed E-state index contributed by atoms with van der Waals surface area (Å²) < 4.78 is 31.1. The van der Waals surface area contributed by atoms with Crippen LogP contribution in [-0.2, 0) is 10.0 Å². The molecule has 12 nitrogen and oxygen atoms in total. The van der Waals surface area contributed by atoms with E-state index in [2.05, 4.69) is 10.5 Å². The molecule has 0 atom stereocenters. The Labute approximate surface area is 159 Å². The Morgan fingerprint density at radius 2 is 1.82 bits per heavy atom. The first-order valence-electron chi connectivity index (χ1n) is 8.02. The fourth-order valence-electron chi connectivity index (χ4n) is 2.31. The summed E-state index contributed by atoms with van der Waals surface area (Å²) in [5.41, 5.74) is 1.86. The third-order valence-electron chi connectivity index (χ3n) is 3.68. The van der Waals surface area contributed by atoms with Crippen LogP contribution in [0.15, 0.2) is 44.7 Å². The second-order valence-electron chi connectivity index (χ2n) is 5.33. The normalized spacial score (nSPS) is 11.8. The SMILES string of the molecule is CCN(CC)S(=O)(=O)c1ccc(N/N=C\c2ccc([N+](=O)[O-])o2)c([N+](=O)[O-])c1. The molecule has 1 aromatic carbocycles. The van der Waals surface area contributed by atoms with Gasteiger partial charge in [-0.25, -0.2) is 8.42 Å². The largest absolute Gasteiger partial charge is 0.433 e. The molecule has 0 amide bonds. The maximum absolute atomic E-state index is 12.5. The summed E-state index contributed by atoms with van der Waals surface area (Å²) >= 11 is 0. The van der Waals surface area contributed by atoms with Crippen LogP contribution in [0.25, 0.3) is 0 Å². The van der Waals surface area contributed by atoms with Crippen molar-refractivity contribution in [3.05, 3.63) is 56.3 Å². The van der Waals surface area contributed by atoms with Gasteiger partial charge in [-0.15, -0.1) is 0 Å². The average Bonchev–Trinajstić information content (AvgIpc) is 3.11. The summed E-state index contributed by atoms with van der Waals surface area (Å²) in [6.45, 7) is 3.79. The summed E-state index contributed by atoms with van der Waals surface area (Å²) in [7, 11) is -3.86.